The summed E-state index contributed by atoms with van der Waals surface area (Å²) in [7, 11) is 0. The van der Waals surface area contributed by atoms with Gasteiger partial charge < -0.3 is 10.6 Å². The minimum atomic E-state index is -0.0775. The van der Waals surface area contributed by atoms with E-state index in [0.29, 0.717) is 24.5 Å². The van der Waals surface area contributed by atoms with E-state index in [1.807, 2.05) is 37.3 Å². The largest absolute Gasteiger partial charge is 0.398 e. The van der Waals surface area contributed by atoms with Gasteiger partial charge in [0, 0.05) is 25.0 Å². The number of anilines is 1. The average molecular weight is 255 g/mol. The molecule has 4 heteroatoms. The number of carbonyl (C=O) groups excluding carboxylic acids is 1. The number of carbonyl (C=O) groups is 1. The molecule has 1 amide bonds. The van der Waals surface area contributed by atoms with Crippen molar-refractivity contribution in [3.63, 3.8) is 0 Å². The van der Waals surface area contributed by atoms with Gasteiger partial charge in [-0.15, -0.1) is 0 Å². The van der Waals surface area contributed by atoms with E-state index in [2.05, 4.69) is 4.98 Å². The fraction of sp³-hybridized carbons (Fsp3) is 0.200. The second-order valence-electron chi connectivity index (χ2n) is 4.23. The van der Waals surface area contributed by atoms with Crippen LogP contribution in [0.25, 0.3) is 0 Å². The van der Waals surface area contributed by atoms with Crippen molar-refractivity contribution >= 4 is 11.6 Å². The van der Waals surface area contributed by atoms with Gasteiger partial charge >= 0.3 is 0 Å². The number of hydrogen-bond donors (Lipinski definition) is 1. The molecule has 0 spiro atoms. The normalized spacial score (nSPS) is 10.2. The third-order valence-corrected chi connectivity index (χ3v) is 2.97. The number of aromatic nitrogens is 1. The summed E-state index contributed by atoms with van der Waals surface area (Å²) < 4.78 is 0. The van der Waals surface area contributed by atoms with Gasteiger partial charge in [0.1, 0.15) is 5.69 Å². The lowest BCUT2D eigenvalue weighted by Gasteiger charge is -2.21. The Morgan fingerprint density at radius 2 is 1.95 bits per heavy atom. The number of nitrogens with zero attached hydrogens (tertiary/aromatic N) is 2. The zero-order valence-electron chi connectivity index (χ0n) is 10.9. The van der Waals surface area contributed by atoms with Gasteiger partial charge in [-0.1, -0.05) is 24.3 Å². The molecule has 0 saturated carbocycles. The summed E-state index contributed by atoms with van der Waals surface area (Å²) in [6.07, 6.45) is 1.62. The fourth-order valence-corrected chi connectivity index (χ4v) is 1.86. The van der Waals surface area contributed by atoms with E-state index in [1.54, 1.807) is 23.2 Å². The molecule has 0 fully saturated rings. The second kappa shape index (κ2) is 6.00. The highest BCUT2D eigenvalue weighted by Gasteiger charge is 2.16. The van der Waals surface area contributed by atoms with E-state index in [-0.39, 0.29) is 5.91 Å². The molecule has 0 aliphatic heterocycles. The average Bonchev–Trinajstić information content (AvgIpc) is 2.47. The predicted octanol–water partition coefficient (Wildman–Crippen LogP) is 2.33. The summed E-state index contributed by atoms with van der Waals surface area (Å²) in [6.45, 7) is 3.06. The number of benzene rings is 1. The molecule has 0 saturated heterocycles. The van der Waals surface area contributed by atoms with Gasteiger partial charge in [0.15, 0.2) is 0 Å². The summed E-state index contributed by atoms with van der Waals surface area (Å²) in [4.78, 5) is 18.1. The van der Waals surface area contributed by atoms with Gasteiger partial charge in [-0.05, 0) is 30.7 Å². The quantitative estimate of drug-likeness (QED) is 0.853. The van der Waals surface area contributed by atoms with E-state index in [9.17, 15) is 4.79 Å². The summed E-state index contributed by atoms with van der Waals surface area (Å²) in [5.41, 5.74) is 8.02. The van der Waals surface area contributed by atoms with Gasteiger partial charge in [0.25, 0.3) is 5.91 Å². The van der Waals surface area contributed by atoms with Crippen molar-refractivity contribution in [1.82, 2.24) is 9.88 Å². The number of hydrogen-bond acceptors (Lipinski definition) is 3. The van der Waals surface area contributed by atoms with Crippen molar-refractivity contribution in [3.8, 4) is 0 Å². The fourth-order valence-electron chi connectivity index (χ4n) is 1.86. The summed E-state index contributed by atoms with van der Waals surface area (Å²) in [6, 6.07) is 12.9. The highest BCUT2D eigenvalue weighted by molar-refractivity contribution is 5.92. The Kier molecular flexibility index (Phi) is 4.13. The lowest BCUT2D eigenvalue weighted by atomic mass is 10.1. The molecule has 1 aromatic carbocycles. The number of nitrogens with two attached hydrogens (primary N) is 1. The van der Waals surface area contributed by atoms with Crippen LogP contribution >= 0.6 is 0 Å². The Morgan fingerprint density at radius 3 is 2.58 bits per heavy atom. The Balaban J connectivity index is 2.17. The zero-order chi connectivity index (χ0) is 13.7. The molecule has 1 heterocycles. The topological polar surface area (TPSA) is 59.2 Å². The molecule has 2 N–H and O–H groups in total. The van der Waals surface area contributed by atoms with Gasteiger partial charge in [-0.2, -0.15) is 0 Å². The van der Waals surface area contributed by atoms with Crippen molar-refractivity contribution in [2.45, 2.75) is 13.5 Å². The Hall–Kier alpha value is -2.36. The van der Waals surface area contributed by atoms with Crippen molar-refractivity contribution in [3.05, 3.63) is 59.9 Å². The minimum Gasteiger partial charge on any atom is -0.398 e. The van der Waals surface area contributed by atoms with Crippen molar-refractivity contribution < 1.29 is 4.79 Å². The van der Waals surface area contributed by atoms with Crippen LogP contribution in [-0.2, 0) is 6.54 Å². The molecular weight excluding hydrogens is 238 g/mol. The van der Waals surface area contributed by atoms with Crippen LogP contribution in [0.4, 0.5) is 5.69 Å². The number of nitrogen functional groups attached to an aromatic ring is 1. The van der Waals surface area contributed by atoms with E-state index >= 15 is 0 Å². The molecular formula is C15H17N3O. The maximum absolute atomic E-state index is 12.3. The molecule has 0 radical (unpaired) electrons. The first-order valence-corrected chi connectivity index (χ1v) is 6.26. The van der Waals surface area contributed by atoms with Crippen molar-refractivity contribution in [1.29, 1.82) is 0 Å². The number of rotatable bonds is 4. The summed E-state index contributed by atoms with van der Waals surface area (Å²) in [5.74, 6) is -0.0775. The molecule has 19 heavy (non-hydrogen) atoms. The first-order chi connectivity index (χ1) is 9.22. The number of para-hydroxylation sites is 1. The van der Waals surface area contributed by atoms with Gasteiger partial charge in [-0.3, -0.25) is 9.78 Å². The van der Waals surface area contributed by atoms with Crippen molar-refractivity contribution in [2.75, 3.05) is 12.3 Å². The standard InChI is InChI=1S/C15H17N3O/c1-2-18(11-12-7-3-4-8-13(12)16)15(19)14-9-5-6-10-17-14/h3-10H,2,11,16H2,1H3. The van der Waals surface area contributed by atoms with Crippen LogP contribution in [0, 0.1) is 0 Å². The van der Waals surface area contributed by atoms with Crippen molar-refractivity contribution in [2.24, 2.45) is 0 Å². The lowest BCUT2D eigenvalue weighted by Crippen LogP contribution is -2.31. The SMILES string of the molecule is CCN(Cc1ccccc1N)C(=O)c1ccccn1. The van der Waals surface area contributed by atoms with E-state index in [1.165, 1.54) is 0 Å². The maximum atomic E-state index is 12.3. The molecule has 4 nitrogen and oxygen atoms in total. The second-order valence-corrected chi connectivity index (χ2v) is 4.23. The summed E-state index contributed by atoms with van der Waals surface area (Å²) in [5, 5.41) is 0. The van der Waals surface area contributed by atoms with Crippen LogP contribution in [0.3, 0.4) is 0 Å². The summed E-state index contributed by atoms with van der Waals surface area (Å²) >= 11 is 0. The van der Waals surface area contributed by atoms with Crippen LogP contribution in [0.1, 0.15) is 23.0 Å². The van der Waals surface area contributed by atoms with E-state index < -0.39 is 0 Å². The predicted molar refractivity (Wildman–Crippen MR) is 75.5 cm³/mol. The third kappa shape index (κ3) is 3.10. The van der Waals surface area contributed by atoms with Crippen LogP contribution in [0.5, 0.6) is 0 Å². The molecule has 1 aromatic heterocycles. The first-order valence-electron chi connectivity index (χ1n) is 6.26. The minimum absolute atomic E-state index is 0.0775. The molecule has 98 valence electrons. The Bertz CT molecular complexity index is 554. The molecule has 0 atom stereocenters. The van der Waals surface area contributed by atoms with Gasteiger partial charge in [-0.25, -0.2) is 0 Å². The van der Waals surface area contributed by atoms with Crippen LogP contribution in [-0.4, -0.2) is 22.3 Å². The van der Waals surface area contributed by atoms with Crippen LogP contribution in [0.2, 0.25) is 0 Å². The molecule has 0 bridgehead atoms. The number of amides is 1. The molecule has 0 aliphatic carbocycles. The van der Waals surface area contributed by atoms with Gasteiger partial charge in [0.05, 0.1) is 0 Å². The monoisotopic (exact) mass is 255 g/mol. The zero-order valence-corrected chi connectivity index (χ0v) is 10.9. The molecule has 0 aliphatic rings. The van der Waals surface area contributed by atoms with E-state index in [0.717, 1.165) is 5.56 Å². The van der Waals surface area contributed by atoms with E-state index in [4.69, 9.17) is 5.73 Å². The third-order valence-electron chi connectivity index (χ3n) is 2.97. The maximum Gasteiger partial charge on any atom is 0.272 e. The first kappa shape index (κ1) is 13.1. The number of pyridine rings is 1. The Morgan fingerprint density at radius 1 is 1.21 bits per heavy atom. The highest BCUT2D eigenvalue weighted by Crippen LogP contribution is 2.14. The van der Waals surface area contributed by atoms with Crippen LogP contribution in [0.15, 0.2) is 48.7 Å². The van der Waals surface area contributed by atoms with Gasteiger partial charge in [0.2, 0.25) is 0 Å². The lowest BCUT2D eigenvalue weighted by molar-refractivity contribution is 0.0747. The Labute approximate surface area is 112 Å². The molecule has 0 unspecified atom stereocenters. The molecule has 2 aromatic rings. The van der Waals surface area contributed by atoms with Crippen LogP contribution < -0.4 is 5.73 Å². The smallest absolute Gasteiger partial charge is 0.272 e. The highest BCUT2D eigenvalue weighted by atomic mass is 16.2. The molecule has 2 rings (SSSR count).